The van der Waals surface area contributed by atoms with E-state index < -0.39 is 5.97 Å². The Labute approximate surface area is 240 Å². The Kier molecular flexibility index (Phi) is 28.4. The summed E-state index contributed by atoms with van der Waals surface area (Å²) in [4.78, 5) is 23.3. The van der Waals surface area contributed by atoms with Crippen LogP contribution < -0.4 is 0 Å². The van der Waals surface area contributed by atoms with Gasteiger partial charge < -0.3 is 9.84 Å². The highest BCUT2D eigenvalue weighted by atomic mass is 16.5. The van der Waals surface area contributed by atoms with Crippen molar-refractivity contribution in [1.82, 2.24) is 0 Å². The Hall–Kier alpha value is -2.36. The first-order valence-electron chi connectivity index (χ1n) is 15.8. The summed E-state index contributed by atoms with van der Waals surface area (Å²) in [5.74, 6) is -1.03. The van der Waals surface area contributed by atoms with Gasteiger partial charge in [0.05, 0.1) is 0 Å². The highest BCUT2D eigenvalue weighted by Gasteiger charge is 2.15. The number of ether oxygens (including phenoxy) is 1. The largest absolute Gasteiger partial charge is 0.481 e. The van der Waals surface area contributed by atoms with Crippen LogP contribution in [0.2, 0.25) is 0 Å². The van der Waals surface area contributed by atoms with Crippen LogP contribution in [0.5, 0.6) is 0 Å². The maximum absolute atomic E-state index is 12.3. The Morgan fingerprint density at radius 1 is 0.590 bits per heavy atom. The van der Waals surface area contributed by atoms with E-state index >= 15 is 0 Å². The molecule has 1 unspecified atom stereocenters. The maximum Gasteiger partial charge on any atom is 0.306 e. The van der Waals surface area contributed by atoms with Crippen LogP contribution in [0.15, 0.2) is 60.8 Å². The summed E-state index contributed by atoms with van der Waals surface area (Å²) in [6.45, 7) is 4.38. The van der Waals surface area contributed by atoms with Crippen molar-refractivity contribution >= 4 is 11.9 Å². The van der Waals surface area contributed by atoms with Crippen LogP contribution in [-0.2, 0) is 14.3 Å². The molecule has 0 heterocycles. The van der Waals surface area contributed by atoms with Gasteiger partial charge in [-0.2, -0.15) is 0 Å². The predicted molar refractivity (Wildman–Crippen MR) is 167 cm³/mol. The predicted octanol–water partition coefficient (Wildman–Crippen LogP) is 10.6. The van der Waals surface area contributed by atoms with Crippen molar-refractivity contribution in [1.29, 1.82) is 0 Å². The van der Waals surface area contributed by atoms with Crippen molar-refractivity contribution < 1.29 is 19.4 Å². The third kappa shape index (κ3) is 30.0. The number of carbonyl (C=O) groups is 2. The van der Waals surface area contributed by atoms with Crippen LogP contribution >= 0.6 is 0 Å². The summed E-state index contributed by atoms with van der Waals surface area (Å²) in [5.41, 5.74) is 0. The first-order chi connectivity index (χ1) is 19.1. The number of allylic oxidation sites excluding steroid dienone is 10. The Balaban J connectivity index is 3.95. The molecule has 0 bridgehead atoms. The Morgan fingerprint density at radius 2 is 1.08 bits per heavy atom. The third-order valence-electron chi connectivity index (χ3n) is 6.52. The lowest BCUT2D eigenvalue weighted by Gasteiger charge is -2.17. The first kappa shape index (κ1) is 36.6. The highest BCUT2D eigenvalue weighted by molar-refractivity contribution is 5.70. The molecule has 0 fully saturated rings. The van der Waals surface area contributed by atoms with Crippen LogP contribution in [0.25, 0.3) is 0 Å². The van der Waals surface area contributed by atoms with Crippen LogP contribution in [0, 0.1) is 0 Å². The van der Waals surface area contributed by atoms with Gasteiger partial charge >= 0.3 is 11.9 Å². The molecule has 0 aliphatic carbocycles. The molecule has 222 valence electrons. The van der Waals surface area contributed by atoms with Crippen LogP contribution in [0.4, 0.5) is 0 Å². The number of rotatable bonds is 27. The summed E-state index contributed by atoms with van der Waals surface area (Å²) in [5, 5.41) is 9.03. The zero-order chi connectivity index (χ0) is 28.7. The van der Waals surface area contributed by atoms with Crippen molar-refractivity contribution in [3.8, 4) is 0 Å². The van der Waals surface area contributed by atoms with E-state index in [0.717, 1.165) is 64.2 Å². The Morgan fingerprint density at radius 3 is 1.59 bits per heavy atom. The highest BCUT2D eigenvalue weighted by Crippen LogP contribution is 2.16. The molecule has 0 aliphatic rings. The number of hydrogen-bond acceptors (Lipinski definition) is 3. The van der Waals surface area contributed by atoms with Crippen LogP contribution in [0.3, 0.4) is 0 Å². The minimum absolute atomic E-state index is 0.0510. The summed E-state index contributed by atoms with van der Waals surface area (Å²) in [6, 6.07) is 0. The second kappa shape index (κ2) is 30.2. The second-order valence-electron chi connectivity index (χ2n) is 10.3. The molecule has 4 nitrogen and oxygen atoms in total. The lowest BCUT2D eigenvalue weighted by molar-refractivity contribution is -0.151. The average molecular weight is 543 g/mol. The summed E-state index contributed by atoms with van der Waals surface area (Å²) in [6.07, 6.45) is 40.8. The normalized spacial score (nSPS) is 13.1. The number of unbranched alkanes of at least 4 members (excludes halogenated alkanes) is 9. The van der Waals surface area contributed by atoms with E-state index in [1.165, 1.54) is 44.9 Å². The Bertz CT molecular complexity index is 714. The molecule has 0 aliphatic heterocycles. The molecule has 4 heteroatoms. The van der Waals surface area contributed by atoms with Crippen molar-refractivity contribution in [3.63, 3.8) is 0 Å². The van der Waals surface area contributed by atoms with Gasteiger partial charge in [0.25, 0.3) is 0 Å². The quantitative estimate of drug-likeness (QED) is 0.0637. The van der Waals surface area contributed by atoms with Crippen molar-refractivity contribution in [2.45, 2.75) is 148 Å². The number of carboxylic acid groups (broad SMARTS) is 1. The molecule has 0 saturated heterocycles. The molecule has 0 saturated carbocycles. The summed E-state index contributed by atoms with van der Waals surface area (Å²) < 4.78 is 5.65. The van der Waals surface area contributed by atoms with E-state index in [1.54, 1.807) is 0 Å². The molecule has 0 aromatic rings. The SMILES string of the molecule is CC/C=C\C/C=C\C/C=C\C/C=C\C/C=C\CCCC(=O)OC(CCCCCCCCCCC)CCC(=O)O. The van der Waals surface area contributed by atoms with Gasteiger partial charge in [-0.25, -0.2) is 0 Å². The van der Waals surface area contributed by atoms with Gasteiger partial charge in [-0.1, -0.05) is 126 Å². The van der Waals surface area contributed by atoms with Gasteiger partial charge in [0.15, 0.2) is 0 Å². The molecule has 0 aromatic heterocycles. The molecule has 0 rings (SSSR count). The van der Waals surface area contributed by atoms with Crippen LogP contribution in [0.1, 0.15) is 142 Å². The van der Waals surface area contributed by atoms with E-state index in [0.29, 0.717) is 12.8 Å². The van der Waals surface area contributed by atoms with Gasteiger partial charge in [-0.15, -0.1) is 0 Å². The average Bonchev–Trinajstić information content (AvgIpc) is 2.92. The third-order valence-corrected chi connectivity index (χ3v) is 6.52. The van der Waals surface area contributed by atoms with E-state index in [-0.39, 0.29) is 18.5 Å². The minimum atomic E-state index is -0.832. The first-order valence-corrected chi connectivity index (χ1v) is 15.8. The zero-order valence-corrected chi connectivity index (χ0v) is 25.2. The standard InChI is InChI=1S/C35H58O4/c1-3-5-7-9-11-13-14-15-16-17-18-19-20-22-24-26-28-30-35(38)39-33(31-32-34(36)37)29-27-25-23-21-12-10-8-6-4-2/h5,7,11,13,15-16,18-19,22,24,33H,3-4,6,8-10,12,14,17,20-21,23,25-32H2,1-2H3,(H,36,37)/b7-5-,13-11-,16-15-,19-18-,24-22-. The molecule has 0 aromatic carbocycles. The lowest BCUT2D eigenvalue weighted by atomic mass is 10.0. The summed E-state index contributed by atoms with van der Waals surface area (Å²) in [7, 11) is 0. The fraction of sp³-hybridized carbons (Fsp3) is 0.657. The van der Waals surface area contributed by atoms with Crippen LogP contribution in [-0.4, -0.2) is 23.1 Å². The number of aliphatic carboxylic acids is 1. The van der Waals surface area contributed by atoms with Crippen molar-refractivity contribution in [3.05, 3.63) is 60.8 Å². The lowest BCUT2D eigenvalue weighted by Crippen LogP contribution is -2.19. The van der Waals surface area contributed by atoms with Gasteiger partial charge in [0, 0.05) is 12.8 Å². The monoisotopic (exact) mass is 542 g/mol. The molecule has 39 heavy (non-hydrogen) atoms. The molecular weight excluding hydrogens is 484 g/mol. The molecule has 0 radical (unpaired) electrons. The zero-order valence-electron chi connectivity index (χ0n) is 25.2. The fourth-order valence-corrected chi connectivity index (χ4v) is 4.21. The van der Waals surface area contributed by atoms with Gasteiger partial charge in [0.1, 0.15) is 6.10 Å². The fourth-order valence-electron chi connectivity index (χ4n) is 4.21. The van der Waals surface area contributed by atoms with Crippen molar-refractivity contribution in [2.75, 3.05) is 0 Å². The second-order valence-corrected chi connectivity index (χ2v) is 10.3. The van der Waals surface area contributed by atoms with Gasteiger partial charge in [-0.05, 0) is 64.2 Å². The van der Waals surface area contributed by atoms with Gasteiger partial charge in [0.2, 0.25) is 0 Å². The molecular formula is C35H58O4. The molecule has 0 amide bonds. The molecule has 0 spiro atoms. The topological polar surface area (TPSA) is 63.6 Å². The van der Waals surface area contributed by atoms with E-state index in [2.05, 4.69) is 74.6 Å². The van der Waals surface area contributed by atoms with E-state index in [1.807, 2.05) is 0 Å². The van der Waals surface area contributed by atoms with Crippen molar-refractivity contribution in [2.24, 2.45) is 0 Å². The maximum atomic E-state index is 12.3. The molecule has 1 atom stereocenters. The number of carbonyl (C=O) groups excluding carboxylic acids is 1. The van der Waals surface area contributed by atoms with Gasteiger partial charge in [-0.3, -0.25) is 9.59 Å². The molecule has 1 N–H and O–H groups in total. The number of hydrogen-bond donors (Lipinski definition) is 1. The van der Waals surface area contributed by atoms with E-state index in [9.17, 15) is 9.59 Å². The summed E-state index contributed by atoms with van der Waals surface area (Å²) >= 11 is 0. The van der Waals surface area contributed by atoms with E-state index in [4.69, 9.17) is 9.84 Å². The number of esters is 1. The minimum Gasteiger partial charge on any atom is -0.481 e. The smallest absolute Gasteiger partial charge is 0.306 e. The number of carboxylic acids is 1.